The quantitative estimate of drug-likeness (QED) is 0.531. The fourth-order valence-corrected chi connectivity index (χ4v) is 2.40. The van der Waals surface area contributed by atoms with Crippen LogP contribution in [0.4, 0.5) is 0 Å². The van der Waals surface area contributed by atoms with Crippen molar-refractivity contribution in [2.24, 2.45) is 5.92 Å². The van der Waals surface area contributed by atoms with Gasteiger partial charge >= 0.3 is 0 Å². The van der Waals surface area contributed by atoms with E-state index in [1.807, 2.05) is 0 Å². The monoisotopic (exact) mass is 410 g/mol. The lowest BCUT2D eigenvalue weighted by atomic mass is 10.2. The number of hydrogen-bond acceptors (Lipinski definition) is 2. The summed E-state index contributed by atoms with van der Waals surface area (Å²) in [5.41, 5.74) is 1.35. The van der Waals surface area contributed by atoms with Crippen molar-refractivity contribution in [3.8, 4) is 0 Å². The largest absolute Gasteiger partial charge is 0.315 e. The van der Waals surface area contributed by atoms with Crippen LogP contribution in [0.3, 0.4) is 0 Å². The first-order valence-corrected chi connectivity index (χ1v) is 7.82. The van der Waals surface area contributed by atoms with E-state index in [0.717, 1.165) is 36.6 Å². The van der Waals surface area contributed by atoms with Crippen LogP contribution in [0, 0.1) is 9.49 Å². The molecule has 0 saturated heterocycles. The molecule has 0 radical (unpaired) electrons. The Kier molecular flexibility index (Phi) is 7.66. The summed E-state index contributed by atoms with van der Waals surface area (Å²) in [5.74, 6) is 0.723. The van der Waals surface area contributed by atoms with Gasteiger partial charge in [-0.15, -0.1) is 0 Å². The van der Waals surface area contributed by atoms with Crippen LogP contribution in [0.15, 0.2) is 22.7 Å². The smallest absolute Gasteiger partial charge is 0.0216 e. The standard InChI is InChI=1S/C13H20BrIN2/c1-10(2)8-16-5-6-17-9-11-7-12(14)3-4-13(11)15/h3-4,7,10,16-17H,5-6,8-9H2,1-2H3. The average molecular weight is 411 g/mol. The topological polar surface area (TPSA) is 24.1 Å². The highest BCUT2D eigenvalue weighted by Crippen LogP contribution is 2.18. The van der Waals surface area contributed by atoms with Gasteiger partial charge in [0.05, 0.1) is 0 Å². The number of benzene rings is 1. The molecule has 17 heavy (non-hydrogen) atoms. The molecule has 1 aromatic rings. The number of halogens is 2. The third kappa shape index (κ3) is 6.74. The molecule has 0 saturated carbocycles. The average Bonchev–Trinajstić information content (AvgIpc) is 2.27. The van der Waals surface area contributed by atoms with Gasteiger partial charge in [0.15, 0.2) is 0 Å². The van der Waals surface area contributed by atoms with E-state index in [9.17, 15) is 0 Å². The highest BCUT2D eigenvalue weighted by atomic mass is 127. The third-order valence-electron chi connectivity index (χ3n) is 2.35. The van der Waals surface area contributed by atoms with Gasteiger partial charge < -0.3 is 10.6 Å². The predicted octanol–water partition coefficient (Wildman–Crippen LogP) is 3.39. The minimum absolute atomic E-state index is 0.723. The lowest BCUT2D eigenvalue weighted by Gasteiger charge is -2.09. The van der Waals surface area contributed by atoms with Gasteiger partial charge in [-0.1, -0.05) is 29.8 Å². The number of nitrogens with one attached hydrogen (secondary N) is 2. The Labute approximate surface area is 126 Å². The molecule has 1 aromatic carbocycles. The second-order valence-corrected chi connectivity index (χ2v) is 6.59. The van der Waals surface area contributed by atoms with Crippen LogP contribution in [0.1, 0.15) is 19.4 Å². The molecule has 0 bridgehead atoms. The molecule has 0 amide bonds. The Morgan fingerprint density at radius 1 is 1.24 bits per heavy atom. The maximum absolute atomic E-state index is 3.50. The first-order valence-electron chi connectivity index (χ1n) is 5.95. The van der Waals surface area contributed by atoms with Gasteiger partial charge in [-0.3, -0.25) is 0 Å². The van der Waals surface area contributed by atoms with Crippen molar-refractivity contribution in [2.45, 2.75) is 20.4 Å². The molecule has 96 valence electrons. The van der Waals surface area contributed by atoms with Gasteiger partial charge in [-0.25, -0.2) is 0 Å². The maximum Gasteiger partial charge on any atom is 0.0216 e. The lowest BCUT2D eigenvalue weighted by molar-refractivity contribution is 0.535. The van der Waals surface area contributed by atoms with Crippen molar-refractivity contribution >= 4 is 38.5 Å². The van der Waals surface area contributed by atoms with E-state index in [0.29, 0.717) is 0 Å². The molecule has 4 heteroatoms. The Morgan fingerprint density at radius 3 is 2.65 bits per heavy atom. The summed E-state index contributed by atoms with van der Waals surface area (Å²) in [6.07, 6.45) is 0. The zero-order valence-electron chi connectivity index (χ0n) is 10.4. The normalized spacial score (nSPS) is 11.1. The molecule has 0 unspecified atom stereocenters. The summed E-state index contributed by atoms with van der Waals surface area (Å²) in [6.45, 7) is 8.52. The second kappa shape index (κ2) is 8.45. The van der Waals surface area contributed by atoms with E-state index >= 15 is 0 Å². The van der Waals surface area contributed by atoms with Crippen LogP contribution in [-0.4, -0.2) is 19.6 Å². The van der Waals surface area contributed by atoms with Crippen LogP contribution in [0.25, 0.3) is 0 Å². The van der Waals surface area contributed by atoms with Crippen molar-refractivity contribution in [1.82, 2.24) is 10.6 Å². The zero-order valence-corrected chi connectivity index (χ0v) is 14.1. The van der Waals surface area contributed by atoms with Gasteiger partial charge in [-0.05, 0) is 58.8 Å². The van der Waals surface area contributed by atoms with E-state index < -0.39 is 0 Å². The number of hydrogen-bond donors (Lipinski definition) is 2. The first-order chi connectivity index (χ1) is 8.09. The fraction of sp³-hybridized carbons (Fsp3) is 0.538. The zero-order chi connectivity index (χ0) is 12.7. The van der Waals surface area contributed by atoms with E-state index in [1.54, 1.807) is 0 Å². The predicted molar refractivity (Wildman–Crippen MR) is 86.3 cm³/mol. The van der Waals surface area contributed by atoms with Crippen LogP contribution >= 0.6 is 38.5 Å². The molecule has 2 nitrogen and oxygen atoms in total. The molecule has 0 spiro atoms. The van der Waals surface area contributed by atoms with Gasteiger partial charge in [0, 0.05) is 27.7 Å². The van der Waals surface area contributed by atoms with Crippen LogP contribution < -0.4 is 10.6 Å². The molecule has 0 atom stereocenters. The van der Waals surface area contributed by atoms with E-state index in [-0.39, 0.29) is 0 Å². The molecule has 2 N–H and O–H groups in total. The maximum atomic E-state index is 3.50. The Hall–Kier alpha value is 0.350. The van der Waals surface area contributed by atoms with Crippen molar-refractivity contribution in [2.75, 3.05) is 19.6 Å². The lowest BCUT2D eigenvalue weighted by Crippen LogP contribution is -2.29. The summed E-state index contributed by atoms with van der Waals surface area (Å²) < 4.78 is 2.46. The SMILES string of the molecule is CC(C)CNCCNCc1cc(Br)ccc1I. The third-order valence-corrected chi connectivity index (χ3v) is 3.90. The molecule has 0 heterocycles. The summed E-state index contributed by atoms with van der Waals surface area (Å²) in [7, 11) is 0. The first kappa shape index (κ1) is 15.4. The van der Waals surface area contributed by atoms with Crippen molar-refractivity contribution < 1.29 is 0 Å². The molecular formula is C13H20BrIN2. The highest BCUT2D eigenvalue weighted by Gasteiger charge is 2.00. The Bertz CT molecular complexity index is 342. The van der Waals surface area contributed by atoms with Gasteiger partial charge in [-0.2, -0.15) is 0 Å². The molecule has 0 aliphatic rings. The van der Waals surface area contributed by atoms with Crippen molar-refractivity contribution in [3.05, 3.63) is 31.8 Å². The minimum Gasteiger partial charge on any atom is -0.315 e. The summed E-state index contributed by atoms with van der Waals surface area (Å²) >= 11 is 5.88. The number of rotatable bonds is 7. The fourth-order valence-electron chi connectivity index (χ4n) is 1.47. The molecule has 1 rings (SSSR count). The molecule has 0 aliphatic carbocycles. The van der Waals surface area contributed by atoms with Crippen LogP contribution in [0.2, 0.25) is 0 Å². The van der Waals surface area contributed by atoms with Crippen molar-refractivity contribution in [1.29, 1.82) is 0 Å². The van der Waals surface area contributed by atoms with Gasteiger partial charge in [0.25, 0.3) is 0 Å². The molecular weight excluding hydrogens is 391 g/mol. The van der Waals surface area contributed by atoms with E-state index in [1.165, 1.54) is 9.13 Å². The highest BCUT2D eigenvalue weighted by molar-refractivity contribution is 14.1. The van der Waals surface area contributed by atoms with E-state index in [2.05, 4.69) is 81.2 Å². The molecule has 0 aromatic heterocycles. The summed E-state index contributed by atoms with van der Waals surface area (Å²) in [6, 6.07) is 6.39. The molecule has 0 fully saturated rings. The van der Waals surface area contributed by atoms with Gasteiger partial charge in [0.1, 0.15) is 0 Å². The second-order valence-electron chi connectivity index (χ2n) is 4.51. The van der Waals surface area contributed by atoms with Crippen LogP contribution in [0.5, 0.6) is 0 Å². The van der Waals surface area contributed by atoms with E-state index in [4.69, 9.17) is 0 Å². The van der Waals surface area contributed by atoms with Crippen molar-refractivity contribution in [3.63, 3.8) is 0 Å². The summed E-state index contributed by atoms with van der Waals surface area (Å²) in [5, 5.41) is 6.88. The minimum atomic E-state index is 0.723. The Balaban J connectivity index is 2.20. The van der Waals surface area contributed by atoms with Crippen LogP contribution in [-0.2, 0) is 6.54 Å². The summed E-state index contributed by atoms with van der Waals surface area (Å²) in [4.78, 5) is 0. The molecule has 0 aliphatic heterocycles. The Morgan fingerprint density at radius 2 is 1.94 bits per heavy atom. The van der Waals surface area contributed by atoms with Gasteiger partial charge in [0.2, 0.25) is 0 Å².